The van der Waals surface area contributed by atoms with Gasteiger partial charge in [0.1, 0.15) is 92.2 Å². The van der Waals surface area contributed by atoms with E-state index in [1.165, 1.54) is 203 Å². The van der Waals surface area contributed by atoms with E-state index in [2.05, 4.69) is 194 Å². The fraction of sp³-hybridized carbons (Fsp3) is 0.207. The first-order valence-electron chi connectivity index (χ1n) is 53.2. The van der Waals surface area contributed by atoms with E-state index in [9.17, 15) is 24.0 Å². The lowest BCUT2D eigenvalue weighted by atomic mass is 9.84. The standard InChI is InChI=1S/C29H27O2S.C29H23O2S.C28H23O2S.C25H23O2S.C24H21O2S/c30-29(28-24-14-6-2-10-20(24)21-11-3-7-15-25(21)28)31-26-16-17-27(32-18-8-1-9-19-32)23-13-5-4-12-22(23)26;30-29(28-22-11-3-1-9-20(22)19-21-10-2-4-12-23(21)28)31-26-15-16-27(32-17-7-8-18-32)25-14-6-5-13-24(25)26;29-28(27-23-13-5-1-9-19(23)20-10-2-6-14-24(20)27)30-25-15-16-26(31-17-7-8-18-31)22-12-4-3-11-21(22)25;26-25(22-13-12-18-8-2-3-9-19(18)22)27-23-14-15-24(28-16-6-1-7-17-28)21-11-5-4-10-20(21)23;25-24(21-12-11-17-7-1-2-8-18(17)21)26-22-13-14-23(27-15-5-6-16-27)20-10-4-3-9-19(20)22/h2-7,10-17,20,24,28H,1,8-9,18-19H2;1-6,9-16,19H,7-8,17-18H2;1-6,9-16,27H,7-8,17-18H2;2-5,8-11,13-15H,1,6-7,12,16-17H2;1-4,7-10,12-14H,5-6,11,15-16H2/q5*+1. The number of esters is 5. The van der Waals surface area contributed by atoms with Crippen LogP contribution >= 0.6 is 0 Å². The summed E-state index contributed by atoms with van der Waals surface area (Å²) in [6.07, 6.45) is 29.9. The first kappa shape index (κ1) is 97.9. The van der Waals surface area contributed by atoms with Crippen LogP contribution in [0.25, 0.3) is 97.7 Å². The van der Waals surface area contributed by atoms with Gasteiger partial charge in [-0.15, -0.1) is 0 Å². The van der Waals surface area contributed by atoms with Gasteiger partial charge in [-0.2, -0.15) is 0 Å². The van der Waals surface area contributed by atoms with Gasteiger partial charge in [-0.1, -0.05) is 297 Å². The Labute approximate surface area is 891 Å². The third-order valence-electron chi connectivity index (χ3n) is 31.1. The van der Waals surface area contributed by atoms with Gasteiger partial charge in [0.2, 0.25) is 0 Å². The number of rotatable bonds is 15. The third kappa shape index (κ3) is 19.9. The molecule has 10 nitrogen and oxygen atoms in total. The van der Waals surface area contributed by atoms with E-state index in [-0.39, 0.29) is 53.5 Å². The molecule has 0 radical (unpaired) electrons. The van der Waals surface area contributed by atoms with Crippen molar-refractivity contribution >= 4 is 171 Å². The van der Waals surface area contributed by atoms with Crippen molar-refractivity contribution in [2.75, 3.05) is 57.5 Å². The second-order valence-corrected chi connectivity index (χ2v) is 51.2. The number of hydrogen-bond acceptors (Lipinski definition) is 10. The third-order valence-corrected chi connectivity index (χ3v) is 43.8. The normalized spacial score (nSPS) is 17.6. The Morgan fingerprint density at radius 2 is 0.513 bits per heavy atom. The smallest absolute Gasteiger partial charge is 0.344 e. The largest absolute Gasteiger partial charge is 0.425 e. The maximum Gasteiger partial charge on any atom is 0.344 e. The Morgan fingerprint density at radius 1 is 0.233 bits per heavy atom. The van der Waals surface area contributed by atoms with Gasteiger partial charge >= 0.3 is 29.8 Å². The molecule has 0 aromatic heterocycles. The second-order valence-electron chi connectivity index (χ2n) is 40.0. The summed E-state index contributed by atoms with van der Waals surface area (Å²) in [6.45, 7) is 0. The summed E-state index contributed by atoms with van der Waals surface area (Å²) in [5.74, 6) is 14.6. The maximum atomic E-state index is 13.6. The molecule has 0 amide bonds. The summed E-state index contributed by atoms with van der Waals surface area (Å²) in [4.78, 5) is 73.6. The lowest BCUT2D eigenvalue weighted by Crippen LogP contribution is -2.24. The highest BCUT2D eigenvalue weighted by Crippen LogP contribution is 2.52. The number of benzene rings is 18. The van der Waals surface area contributed by atoms with Crippen LogP contribution in [-0.2, 0) is 86.5 Å². The van der Waals surface area contributed by atoms with Crippen LogP contribution in [0.4, 0.5) is 0 Å². The van der Waals surface area contributed by atoms with Gasteiger partial charge < -0.3 is 23.7 Å². The van der Waals surface area contributed by atoms with Crippen molar-refractivity contribution in [3.05, 3.63) is 444 Å². The highest BCUT2D eigenvalue weighted by molar-refractivity contribution is 7.98. The predicted molar refractivity (Wildman–Crippen MR) is 625 cm³/mol. The molecule has 0 bridgehead atoms. The van der Waals surface area contributed by atoms with Crippen LogP contribution < -0.4 is 23.7 Å². The molecule has 742 valence electrons. The average Bonchev–Trinajstić information content (AvgIpc) is 1.54. The lowest BCUT2D eigenvalue weighted by molar-refractivity contribution is -0.137. The van der Waals surface area contributed by atoms with E-state index in [1.807, 2.05) is 200 Å². The van der Waals surface area contributed by atoms with Crippen molar-refractivity contribution in [1.82, 2.24) is 0 Å². The minimum absolute atomic E-state index is 0.124. The highest BCUT2D eigenvalue weighted by Gasteiger charge is 2.45. The Kier molecular flexibility index (Phi) is 29.1. The minimum atomic E-state index is -0.387. The van der Waals surface area contributed by atoms with Gasteiger partial charge in [0, 0.05) is 120 Å². The summed E-state index contributed by atoms with van der Waals surface area (Å²) in [6, 6.07) is 122. The van der Waals surface area contributed by atoms with E-state index in [0.717, 1.165) is 100 Å². The van der Waals surface area contributed by atoms with Crippen LogP contribution in [-0.4, -0.2) is 87.4 Å². The molecule has 15 heteroatoms. The Morgan fingerprint density at radius 3 is 0.887 bits per heavy atom. The number of carbonyl (C=O) groups is 5. The van der Waals surface area contributed by atoms with Gasteiger partial charge in [0.15, 0.2) is 24.5 Å². The van der Waals surface area contributed by atoms with Crippen LogP contribution in [0.3, 0.4) is 0 Å². The molecule has 3 atom stereocenters. The Hall–Kier alpha value is -14.2. The summed E-state index contributed by atoms with van der Waals surface area (Å²) in [7, 11) is 1.56. The van der Waals surface area contributed by atoms with Gasteiger partial charge in [-0.05, 0) is 264 Å². The zero-order valence-electron chi connectivity index (χ0n) is 83.9. The first-order chi connectivity index (χ1) is 74.0. The van der Waals surface area contributed by atoms with E-state index in [4.69, 9.17) is 23.7 Å². The number of fused-ring (bicyclic) bond motifs is 15. The molecule has 0 N–H and O–H groups in total. The molecule has 5 aliphatic carbocycles. The molecule has 5 saturated heterocycles. The van der Waals surface area contributed by atoms with Crippen molar-refractivity contribution in [3.8, 4) is 39.9 Å². The van der Waals surface area contributed by atoms with E-state index in [1.54, 1.807) is 0 Å². The van der Waals surface area contributed by atoms with Crippen LogP contribution in [0.5, 0.6) is 28.7 Å². The van der Waals surface area contributed by atoms with E-state index < -0.39 is 0 Å². The zero-order valence-corrected chi connectivity index (χ0v) is 88.0. The molecule has 18 aromatic rings. The fourth-order valence-corrected chi connectivity index (χ4v) is 36.4. The van der Waals surface area contributed by atoms with Crippen molar-refractivity contribution < 1.29 is 47.7 Å². The maximum absolute atomic E-state index is 13.6. The molecular weight excluding hydrogens is 1940 g/mol. The molecule has 5 fully saturated rings. The summed E-state index contributed by atoms with van der Waals surface area (Å²) < 4.78 is 30.2. The molecule has 28 rings (SSSR count). The van der Waals surface area contributed by atoms with Crippen molar-refractivity contribution in [3.63, 3.8) is 0 Å². The molecule has 10 aliphatic rings. The van der Waals surface area contributed by atoms with Crippen LogP contribution in [0.1, 0.15) is 150 Å². The Bertz CT molecular complexity index is 8310. The van der Waals surface area contributed by atoms with Crippen molar-refractivity contribution in [2.45, 2.75) is 132 Å². The fourth-order valence-electron chi connectivity index (χ4n) is 23.9. The highest BCUT2D eigenvalue weighted by atomic mass is 32.2. The Balaban J connectivity index is 0.0000000999. The molecule has 0 saturated carbocycles. The summed E-state index contributed by atoms with van der Waals surface area (Å²) >= 11 is 0. The van der Waals surface area contributed by atoms with Gasteiger partial charge in [-0.25, -0.2) is 14.4 Å². The molecule has 5 heterocycles. The van der Waals surface area contributed by atoms with E-state index >= 15 is 0 Å². The molecule has 18 aromatic carbocycles. The minimum Gasteiger partial charge on any atom is -0.425 e. The van der Waals surface area contributed by atoms with Crippen molar-refractivity contribution in [2.24, 2.45) is 5.92 Å². The number of hydrogen-bond donors (Lipinski definition) is 0. The van der Waals surface area contributed by atoms with Crippen LogP contribution in [0.15, 0.2) is 419 Å². The average molecular weight is 2060 g/mol. The first-order valence-corrected chi connectivity index (χ1v) is 61.0. The second kappa shape index (κ2) is 44.6. The quantitative estimate of drug-likeness (QED) is 0.0423. The van der Waals surface area contributed by atoms with Crippen LogP contribution in [0.2, 0.25) is 0 Å². The van der Waals surface area contributed by atoms with E-state index in [0.29, 0.717) is 99.9 Å². The number of carbonyl (C=O) groups excluding carboxylic acids is 5. The van der Waals surface area contributed by atoms with Crippen molar-refractivity contribution in [1.29, 1.82) is 0 Å². The number of allylic oxidation sites excluding steroid dienone is 6. The topological polar surface area (TPSA) is 132 Å². The molecule has 0 spiro atoms. The molecule has 3 unspecified atom stereocenters. The van der Waals surface area contributed by atoms with Crippen LogP contribution in [0, 0.1) is 5.92 Å². The van der Waals surface area contributed by atoms with Gasteiger partial charge in [0.05, 0.1) is 22.6 Å². The lowest BCUT2D eigenvalue weighted by Gasteiger charge is -2.22. The molecule has 150 heavy (non-hydrogen) atoms. The van der Waals surface area contributed by atoms with Gasteiger partial charge in [-0.3, -0.25) is 9.59 Å². The predicted octanol–water partition coefficient (Wildman–Crippen LogP) is 30.7. The SMILES string of the molecule is O=C(Oc1ccc([S+]2CCCC2)c2ccccc12)C1=CCc2ccccc21.O=C(Oc1ccc([S+]2CCCC2)c2ccccc12)C1c2ccccc2-c2ccccc21.O=C(Oc1ccc([S+]2CCCC2)c2ccccc12)c1c2ccccc2cc2ccccc12.O=C(Oc1ccc([S+]2CCCCC2)c2ccccc12)C1=CCc2ccccc21.O=C(Oc1ccc([S+]2CCCCC2)c2ccccc12)C1c2ccccc2C2C=CC=CC21. The summed E-state index contributed by atoms with van der Waals surface area (Å²) in [5.41, 5.74) is 13.0. The molecule has 5 aliphatic heterocycles. The van der Waals surface area contributed by atoms with Gasteiger partial charge in [0.25, 0.3) is 0 Å². The summed E-state index contributed by atoms with van der Waals surface area (Å²) in [5, 5.41) is 15.3. The monoisotopic (exact) mass is 2060 g/mol. The number of ether oxygens (including phenoxy) is 5. The zero-order chi connectivity index (χ0) is 101. The molecular formula is C135H117O10S5+5.